The van der Waals surface area contributed by atoms with Crippen molar-refractivity contribution in [3.05, 3.63) is 0 Å². The number of primary amides is 1. The Morgan fingerprint density at radius 2 is 1.46 bits per heavy atom. The monoisotopic (exact) mass is 557 g/mol. The highest BCUT2D eigenvalue weighted by atomic mass is 16.3. The SMILES string of the molecule is CC(C)[C@H](NC(=O)[C@@H](N)[C@@H](C)O)C(=O)N[C@@H](CCC(N)=O)C(=O)N[C@@H](C)C(=O)N[C@H](C=O)CCCN=C(N)N. The van der Waals surface area contributed by atoms with Gasteiger partial charge in [-0.15, -0.1) is 0 Å². The van der Waals surface area contributed by atoms with Crippen LogP contribution in [0.25, 0.3) is 0 Å². The second-order valence-corrected chi connectivity index (χ2v) is 9.49. The zero-order chi connectivity index (χ0) is 30.3. The molecule has 0 aromatic heterocycles. The molecule has 0 saturated carbocycles. The molecular formula is C23H43N9O7. The van der Waals surface area contributed by atoms with E-state index in [-0.39, 0.29) is 31.8 Å². The van der Waals surface area contributed by atoms with Gasteiger partial charge < -0.3 is 54.1 Å². The van der Waals surface area contributed by atoms with Crippen LogP contribution in [0, 0.1) is 5.92 Å². The van der Waals surface area contributed by atoms with Crippen molar-refractivity contribution in [1.82, 2.24) is 21.3 Å². The highest BCUT2D eigenvalue weighted by Crippen LogP contribution is 2.06. The number of hydrogen-bond donors (Lipinski definition) is 9. The maximum atomic E-state index is 13.0. The lowest BCUT2D eigenvalue weighted by Crippen LogP contribution is -2.59. The topological polar surface area (TPSA) is 287 Å². The van der Waals surface area contributed by atoms with E-state index in [1.165, 1.54) is 13.8 Å². The van der Waals surface area contributed by atoms with E-state index in [9.17, 15) is 33.9 Å². The third-order valence-corrected chi connectivity index (χ3v) is 5.59. The summed E-state index contributed by atoms with van der Waals surface area (Å²) in [7, 11) is 0. The molecule has 0 unspecified atom stereocenters. The van der Waals surface area contributed by atoms with Gasteiger partial charge in [0.1, 0.15) is 30.5 Å². The van der Waals surface area contributed by atoms with Gasteiger partial charge in [0.2, 0.25) is 29.5 Å². The molecule has 0 aliphatic rings. The Morgan fingerprint density at radius 3 is 1.95 bits per heavy atom. The highest BCUT2D eigenvalue weighted by molar-refractivity contribution is 5.95. The van der Waals surface area contributed by atoms with Crippen molar-refractivity contribution in [2.45, 2.75) is 89.7 Å². The van der Waals surface area contributed by atoms with Gasteiger partial charge in [-0.05, 0) is 39.0 Å². The van der Waals surface area contributed by atoms with E-state index >= 15 is 0 Å². The van der Waals surface area contributed by atoms with Crippen LogP contribution in [0.4, 0.5) is 0 Å². The molecule has 0 spiro atoms. The largest absolute Gasteiger partial charge is 0.391 e. The zero-order valence-corrected chi connectivity index (χ0v) is 22.8. The van der Waals surface area contributed by atoms with E-state index in [2.05, 4.69) is 26.3 Å². The fraction of sp³-hybridized carbons (Fsp3) is 0.696. The number of aliphatic hydroxyl groups is 1. The Balaban J connectivity index is 5.37. The first kappa shape index (κ1) is 35.2. The third kappa shape index (κ3) is 14.1. The van der Waals surface area contributed by atoms with E-state index in [0.717, 1.165) is 0 Å². The van der Waals surface area contributed by atoms with Gasteiger partial charge in [0.15, 0.2) is 5.96 Å². The number of guanidine groups is 1. The summed E-state index contributed by atoms with van der Waals surface area (Å²) in [5, 5.41) is 19.4. The number of nitrogens with one attached hydrogen (secondary N) is 4. The Hall–Kier alpha value is -3.79. The van der Waals surface area contributed by atoms with Crippen LogP contribution in [0.2, 0.25) is 0 Å². The predicted molar refractivity (Wildman–Crippen MR) is 142 cm³/mol. The molecule has 5 amide bonds. The molecule has 0 bridgehead atoms. The van der Waals surface area contributed by atoms with E-state index in [1.54, 1.807) is 13.8 Å². The van der Waals surface area contributed by atoms with Crippen molar-refractivity contribution < 1.29 is 33.9 Å². The van der Waals surface area contributed by atoms with Gasteiger partial charge in [-0.1, -0.05) is 13.8 Å². The number of nitrogens with two attached hydrogens (primary N) is 4. The average Bonchev–Trinajstić information content (AvgIpc) is 2.84. The van der Waals surface area contributed by atoms with Crippen LogP contribution in [0.15, 0.2) is 4.99 Å². The van der Waals surface area contributed by atoms with Crippen LogP contribution in [0.3, 0.4) is 0 Å². The first-order valence-electron chi connectivity index (χ1n) is 12.5. The van der Waals surface area contributed by atoms with Crippen LogP contribution in [-0.2, 0) is 28.8 Å². The van der Waals surface area contributed by atoms with Crippen molar-refractivity contribution in [3.8, 4) is 0 Å². The lowest BCUT2D eigenvalue weighted by atomic mass is 10.0. The molecule has 222 valence electrons. The molecule has 39 heavy (non-hydrogen) atoms. The van der Waals surface area contributed by atoms with Crippen molar-refractivity contribution >= 4 is 41.8 Å². The standard InChI is InChI=1S/C23H43N9O7/c1-11(2)18(32-21(38)17(25)13(4)34)22(39)31-15(7-8-16(24)35)20(37)29-12(3)19(36)30-14(10-33)6-5-9-28-23(26)27/h10-15,17-18,34H,5-9,25H2,1-4H3,(H2,24,35)(H,29,37)(H,30,36)(H,31,39)(H,32,38)(H4,26,27,28)/t12-,13+,14-,15-,17-,18-/m0/s1. The van der Waals surface area contributed by atoms with Crippen LogP contribution >= 0.6 is 0 Å². The average molecular weight is 558 g/mol. The molecule has 0 aliphatic carbocycles. The number of hydrogen-bond acceptors (Lipinski definition) is 9. The molecule has 0 heterocycles. The van der Waals surface area contributed by atoms with Gasteiger partial charge in [0.25, 0.3) is 0 Å². The van der Waals surface area contributed by atoms with E-state index in [4.69, 9.17) is 22.9 Å². The van der Waals surface area contributed by atoms with Gasteiger partial charge >= 0.3 is 0 Å². The predicted octanol–water partition coefficient (Wildman–Crippen LogP) is -4.17. The quantitative estimate of drug-likeness (QED) is 0.0339. The zero-order valence-electron chi connectivity index (χ0n) is 22.8. The molecular weight excluding hydrogens is 514 g/mol. The molecule has 6 atom stereocenters. The summed E-state index contributed by atoms with van der Waals surface area (Å²) < 4.78 is 0. The number of nitrogens with zero attached hydrogens (tertiary/aromatic N) is 1. The van der Waals surface area contributed by atoms with Gasteiger partial charge in [-0.2, -0.15) is 0 Å². The van der Waals surface area contributed by atoms with Gasteiger partial charge in [-0.3, -0.25) is 29.0 Å². The molecule has 0 aliphatic heterocycles. The normalized spacial score (nSPS) is 15.5. The van der Waals surface area contributed by atoms with Gasteiger partial charge in [0, 0.05) is 13.0 Å². The van der Waals surface area contributed by atoms with E-state index < -0.39 is 71.8 Å². The summed E-state index contributed by atoms with van der Waals surface area (Å²) >= 11 is 0. The van der Waals surface area contributed by atoms with E-state index in [0.29, 0.717) is 12.7 Å². The molecule has 16 nitrogen and oxygen atoms in total. The minimum absolute atomic E-state index is 0.0959. The van der Waals surface area contributed by atoms with Gasteiger partial charge in [0.05, 0.1) is 12.1 Å². The third-order valence-electron chi connectivity index (χ3n) is 5.59. The Labute approximate surface area is 227 Å². The summed E-state index contributed by atoms with van der Waals surface area (Å²) in [5.41, 5.74) is 21.3. The molecule has 13 N–H and O–H groups in total. The Morgan fingerprint density at radius 1 is 0.846 bits per heavy atom. The van der Waals surface area contributed by atoms with Crippen LogP contribution < -0.4 is 44.2 Å². The number of aliphatic imine (C=N–C) groups is 1. The second-order valence-electron chi connectivity index (χ2n) is 9.49. The number of carbonyl (C=O) groups excluding carboxylic acids is 6. The first-order valence-corrected chi connectivity index (χ1v) is 12.5. The number of rotatable bonds is 18. The minimum Gasteiger partial charge on any atom is -0.391 e. The minimum atomic E-state index is -1.29. The summed E-state index contributed by atoms with van der Waals surface area (Å²) in [4.78, 5) is 77.2. The van der Waals surface area contributed by atoms with Crippen LogP contribution in [-0.4, -0.2) is 89.7 Å². The van der Waals surface area contributed by atoms with Gasteiger partial charge in [-0.25, -0.2) is 0 Å². The maximum Gasteiger partial charge on any atom is 0.243 e. The fourth-order valence-corrected chi connectivity index (χ4v) is 3.20. The molecule has 0 aromatic carbocycles. The number of amides is 5. The maximum absolute atomic E-state index is 13.0. The van der Waals surface area contributed by atoms with Crippen molar-refractivity contribution in [3.63, 3.8) is 0 Å². The Kier molecular flexibility index (Phi) is 16.0. The lowest BCUT2D eigenvalue weighted by molar-refractivity contribution is -0.135. The molecule has 0 radical (unpaired) electrons. The summed E-state index contributed by atoms with van der Waals surface area (Å²) in [6, 6.07) is -5.66. The summed E-state index contributed by atoms with van der Waals surface area (Å²) in [5.74, 6) is -4.24. The van der Waals surface area contributed by atoms with Crippen molar-refractivity contribution in [2.24, 2.45) is 33.8 Å². The molecule has 0 saturated heterocycles. The molecule has 16 heteroatoms. The highest BCUT2D eigenvalue weighted by Gasteiger charge is 2.32. The first-order chi connectivity index (χ1) is 18.1. The fourth-order valence-electron chi connectivity index (χ4n) is 3.20. The van der Waals surface area contributed by atoms with Crippen molar-refractivity contribution in [2.75, 3.05) is 6.54 Å². The molecule has 0 aromatic rings. The van der Waals surface area contributed by atoms with Crippen molar-refractivity contribution in [1.29, 1.82) is 0 Å². The lowest BCUT2D eigenvalue weighted by Gasteiger charge is -2.27. The molecule has 0 rings (SSSR count). The molecule has 0 fully saturated rings. The smallest absolute Gasteiger partial charge is 0.243 e. The summed E-state index contributed by atoms with van der Waals surface area (Å²) in [6.07, 6.45) is -0.395. The number of carbonyl (C=O) groups is 6. The summed E-state index contributed by atoms with van der Waals surface area (Å²) in [6.45, 7) is 6.24. The number of aliphatic hydroxyl groups excluding tert-OH is 1. The second kappa shape index (κ2) is 17.7. The van der Waals surface area contributed by atoms with Crippen LogP contribution in [0.1, 0.15) is 53.4 Å². The van der Waals surface area contributed by atoms with Crippen LogP contribution in [0.5, 0.6) is 0 Å². The van der Waals surface area contributed by atoms with E-state index in [1.807, 2.05) is 0 Å². The number of aldehydes is 1. The Bertz CT molecular complexity index is 891.